The number of rotatable bonds is 1. The highest BCUT2D eigenvalue weighted by Crippen LogP contribution is 2.22. The summed E-state index contributed by atoms with van der Waals surface area (Å²) in [6, 6.07) is 3.83. The number of hydrogen-bond donors (Lipinski definition) is 1. The largest absolute Gasteiger partial charge is 0.396 e. The minimum Gasteiger partial charge on any atom is -0.396 e. The molecule has 14 heavy (non-hydrogen) atoms. The Bertz CT molecular complexity index is 469. The van der Waals surface area contributed by atoms with Crippen molar-refractivity contribution in [1.82, 2.24) is 9.38 Å². The van der Waals surface area contributed by atoms with Crippen LogP contribution in [0, 0.1) is 6.92 Å². The summed E-state index contributed by atoms with van der Waals surface area (Å²) in [6.07, 6.45) is 2.00. The first-order valence-corrected chi connectivity index (χ1v) is 4.84. The highest BCUT2D eigenvalue weighted by molar-refractivity contribution is 5.65. The highest BCUT2D eigenvalue weighted by atomic mass is 15.0. The molecular formula is C11H15N3. The van der Waals surface area contributed by atoms with Crippen molar-refractivity contribution in [3.8, 4) is 0 Å². The van der Waals surface area contributed by atoms with E-state index < -0.39 is 0 Å². The molecule has 0 saturated carbocycles. The van der Waals surface area contributed by atoms with Crippen LogP contribution in [0.4, 0.5) is 5.69 Å². The number of nitrogens with zero attached hydrogens (tertiary/aromatic N) is 2. The van der Waals surface area contributed by atoms with Gasteiger partial charge in [0.15, 0.2) is 5.65 Å². The molecule has 3 nitrogen and oxygen atoms in total. The average molecular weight is 189 g/mol. The molecule has 0 saturated heterocycles. The van der Waals surface area contributed by atoms with Crippen molar-refractivity contribution in [2.45, 2.75) is 26.7 Å². The van der Waals surface area contributed by atoms with E-state index in [0.717, 1.165) is 17.0 Å². The van der Waals surface area contributed by atoms with Crippen LogP contribution in [0.15, 0.2) is 18.3 Å². The predicted octanol–water partition coefficient (Wildman–Crippen LogP) is 2.35. The van der Waals surface area contributed by atoms with Gasteiger partial charge < -0.3 is 10.1 Å². The molecule has 0 aliphatic heterocycles. The number of nitrogen functional groups attached to an aromatic ring is 1. The zero-order chi connectivity index (χ0) is 10.3. The van der Waals surface area contributed by atoms with Gasteiger partial charge in [-0.15, -0.1) is 0 Å². The lowest BCUT2D eigenvalue weighted by atomic mass is 10.1. The van der Waals surface area contributed by atoms with Crippen LogP contribution in [-0.4, -0.2) is 9.38 Å². The van der Waals surface area contributed by atoms with E-state index in [1.165, 1.54) is 5.69 Å². The van der Waals surface area contributed by atoms with Gasteiger partial charge in [-0.25, -0.2) is 4.98 Å². The van der Waals surface area contributed by atoms with Crippen LogP contribution in [0.25, 0.3) is 5.65 Å². The molecule has 0 aromatic carbocycles. The fraction of sp³-hybridized carbons (Fsp3) is 0.364. The molecule has 0 bridgehead atoms. The first kappa shape index (κ1) is 9.06. The summed E-state index contributed by atoms with van der Waals surface area (Å²) in [4.78, 5) is 4.55. The minimum atomic E-state index is 0.439. The molecule has 0 atom stereocenters. The van der Waals surface area contributed by atoms with E-state index in [1.807, 2.05) is 22.7 Å². The van der Waals surface area contributed by atoms with Crippen LogP contribution in [0.1, 0.15) is 31.2 Å². The number of nitrogens with two attached hydrogens (primary N) is 1. The third-order valence-corrected chi connectivity index (χ3v) is 2.50. The first-order chi connectivity index (χ1) is 6.61. The van der Waals surface area contributed by atoms with Crippen LogP contribution in [-0.2, 0) is 0 Å². The lowest BCUT2D eigenvalue weighted by Gasteiger charge is -2.01. The zero-order valence-corrected chi connectivity index (χ0v) is 8.78. The number of aromatic nitrogens is 2. The van der Waals surface area contributed by atoms with Crippen molar-refractivity contribution in [1.29, 1.82) is 0 Å². The summed E-state index contributed by atoms with van der Waals surface area (Å²) in [5.41, 5.74) is 9.77. The van der Waals surface area contributed by atoms with Gasteiger partial charge in [-0.1, -0.05) is 13.8 Å². The summed E-state index contributed by atoms with van der Waals surface area (Å²) >= 11 is 0. The van der Waals surface area contributed by atoms with Gasteiger partial charge in [0.1, 0.15) is 0 Å². The fourth-order valence-corrected chi connectivity index (χ4v) is 1.77. The van der Waals surface area contributed by atoms with E-state index in [4.69, 9.17) is 5.73 Å². The van der Waals surface area contributed by atoms with E-state index in [-0.39, 0.29) is 0 Å². The van der Waals surface area contributed by atoms with Crippen molar-refractivity contribution in [2.24, 2.45) is 0 Å². The third-order valence-electron chi connectivity index (χ3n) is 2.50. The summed E-state index contributed by atoms with van der Waals surface area (Å²) in [6.45, 7) is 6.37. The van der Waals surface area contributed by atoms with E-state index in [0.29, 0.717) is 5.92 Å². The molecule has 0 unspecified atom stereocenters. The summed E-state index contributed by atoms with van der Waals surface area (Å²) < 4.78 is 2.05. The maximum atomic E-state index is 5.86. The maximum absolute atomic E-state index is 5.86. The maximum Gasteiger partial charge on any atom is 0.160 e. The van der Waals surface area contributed by atoms with E-state index in [1.54, 1.807) is 0 Å². The molecule has 2 heterocycles. The van der Waals surface area contributed by atoms with Crippen LogP contribution >= 0.6 is 0 Å². The van der Waals surface area contributed by atoms with Crippen molar-refractivity contribution >= 4 is 11.3 Å². The Balaban J connectivity index is 2.80. The Morgan fingerprint density at radius 1 is 1.43 bits per heavy atom. The number of anilines is 1. The Morgan fingerprint density at radius 2 is 2.14 bits per heavy atom. The van der Waals surface area contributed by atoms with Crippen LogP contribution in [0.5, 0.6) is 0 Å². The number of aryl methyl sites for hydroxylation is 1. The normalized spacial score (nSPS) is 11.4. The summed E-state index contributed by atoms with van der Waals surface area (Å²) in [5, 5.41) is 0. The molecule has 2 rings (SSSR count). The molecule has 0 fully saturated rings. The molecule has 0 aliphatic carbocycles. The number of hydrogen-bond acceptors (Lipinski definition) is 2. The SMILES string of the molecule is Cc1c(C(C)C)nc2c(N)cccn12. The monoisotopic (exact) mass is 189 g/mol. The molecule has 0 spiro atoms. The van der Waals surface area contributed by atoms with Crippen LogP contribution in [0.3, 0.4) is 0 Å². The molecule has 3 heteroatoms. The van der Waals surface area contributed by atoms with Gasteiger partial charge in [-0.2, -0.15) is 0 Å². The molecule has 0 aliphatic rings. The smallest absolute Gasteiger partial charge is 0.160 e. The van der Waals surface area contributed by atoms with Gasteiger partial charge in [0, 0.05) is 11.9 Å². The molecule has 2 aromatic rings. The second kappa shape index (κ2) is 3.01. The predicted molar refractivity (Wildman–Crippen MR) is 58.4 cm³/mol. The summed E-state index contributed by atoms with van der Waals surface area (Å²) in [7, 11) is 0. The number of fused-ring (bicyclic) bond motifs is 1. The van der Waals surface area contributed by atoms with Crippen molar-refractivity contribution in [3.63, 3.8) is 0 Å². The van der Waals surface area contributed by atoms with Gasteiger partial charge >= 0.3 is 0 Å². The number of pyridine rings is 1. The molecular weight excluding hydrogens is 174 g/mol. The van der Waals surface area contributed by atoms with Gasteiger partial charge in [0.05, 0.1) is 11.4 Å². The average Bonchev–Trinajstić information content (AvgIpc) is 2.46. The van der Waals surface area contributed by atoms with E-state index in [9.17, 15) is 0 Å². The first-order valence-electron chi connectivity index (χ1n) is 4.84. The second-order valence-corrected chi connectivity index (χ2v) is 3.89. The minimum absolute atomic E-state index is 0.439. The van der Waals surface area contributed by atoms with Crippen LogP contribution in [0.2, 0.25) is 0 Å². The third kappa shape index (κ3) is 1.16. The lowest BCUT2D eigenvalue weighted by Crippen LogP contribution is -1.93. The zero-order valence-electron chi connectivity index (χ0n) is 8.78. The Kier molecular flexibility index (Phi) is 1.95. The van der Waals surface area contributed by atoms with Crippen molar-refractivity contribution < 1.29 is 0 Å². The number of imidazole rings is 1. The topological polar surface area (TPSA) is 43.3 Å². The van der Waals surface area contributed by atoms with Crippen molar-refractivity contribution in [2.75, 3.05) is 5.73 Å². The Labute approximate surface area is 83.6 Å². The molecule has 0 radical (unpaired) electrons. The molecule has 74 valence electrons. The molecule has 2 aromatic heterocycles. The second-order valence-electron chi connectivity index (χ2n) is 3.89. The van der Waals surface area contributed by atoms with Gasteiger partial charge in [0.25, 0.3) is 0 Å². The van der Waals surface area contributed by atoms with E-state index >= 15 is 0 Å². The fourth-order valence-electron chi connectivity index (χ4n) is 1.77. The lowest BCUT2D eigenvalue weighted by molar-refractivity contribution is 0.821. The van der Waals surface area contributed by atoms with Gasteiger partial charge in [-0.05, 0) is 25.0 Å². The molecule has 0 amide bonds. The quantitative estimate of drug-likeness (QED) is 0.748. The Hall–Kier alpha value is -1.51. The highest BCUT2D eigenvalue weighted by Gasteiger charge is 2.12. The van der Waals surface area contributed by atoms with Crippen molar-refractivity contribution in [3.05, 3.63) is 29.7 Å². The van der Waals surface area contributed by atoms with Gasteiger partial charge in [-0.3, -0.25) is 0 Å². The summed E-state index contributed by atoms with van der Waals surface area (Å²) in [5.74, 6) is 0.439. The Morgan fingerprint density at radius 3 is 2.71 bits per heavy atom. The van der Waals surface area contributed by atoms with Gasteiger partial charge in [0.2, 0.25) is 0 Å². The van der Waals surface area contributed by atoms with Crippen LogP contribution < -0.4 is 5.73 Å². The molecule has 2 N–H and O–H groups in total. The van der Waals surface area contributed by atoms with E-state index in [2.05, 4.69) is 25.8 Å². The standard InChI is InChI=1S/C11H15N3/c1-7(2)10-8(3)14-6-4-5-9(12)11(14)13-10/h4-7H,12H2,1-3H3.